The average Bonchev–Trinajstić information content (AvgIpc) is 2.98. The van der Waals surface area contributed by atoms with Crippen LogP contribution in [0.4, 0.5) is 0 Å². The normalized spacial score (nSPS) is 23.7. The molecule has 0 aliphatic heterocycles. The first-order valence-corrected chi connectivity index (χ1v) is 8.65. The van der Waals surface area contributed by atoms with Crippen LogP contribution in [0.25, 0.3) is 0 Å². The van der Waals surface area contributed by atoms with Gasteiger partial charge in [0, 0.05) is 14.0 Å². The highest BCUT2D eigenvalue weighted by Crippen LogP contribution is 2.26. The van der Waals surface area contributed by atoms with Gasteiger partial charge in [0.15, 0.2) is 11.6 Å². The molecule has 1 aliphatic rings. The average molecular weight is 344 g/mol. The zero-order valence-corrected chi connectivity index (χ0v) is 14.6. The summed E-state index contributed by atoms with van der Waals surface area (Å²) in [5.41, 5.74) is 0.261. The molecule has 6 nitrogen and oxygen atoms in total. The van der Waals surface area contributed by atoms with Gasteiger partial charge in [0.2, 0.25) is 0 Å². The van der Waals surface area contributed by atoms with Gasteiger partial charge < -0.3 is 19.2 Å². The van der Waals surface area contributed by atoms with Gasteiger partial charge in [-0.25, -0.2) is 4.98 Å². The van der Waals surface area contributed by atoms with Gasteiger partial charge in [-0.05, 0) is 31.4 Å². The highest BCUT2D eigenvalue weighted by atomic mass is 16.5. The molecular weight excluding hydrogens is 320 g/mol. The third-order valence-corrected chi connectivity index (χ3v) is 4.70. The third-order valence-electron chi connectivity index (χ3n) is 4.70. The Morgan fingerprint density at radius 3 is 2.68 bits per heavy atom. The molecule has 1 amide bonds. The number of nitrogens with zero attached hydrogens (tertiary/aromatic N) is 2. The molecule has 1 aliphatic carbocycles. The summed E-state index contributed by atoms with van der Waals surface area (Å²) in [5.74, 6) is 0.929. The minimum Gasteiger partial charge on any atom is -0.488 e. The van der Waals surface area contributed by atoms with Crippen molar-refractivity contribution in [3.8, 4) is 5.75 Å². The Kier molecular flexibility index (Phi) is 5.38. The van der Waals surface area contributed by atoms with Crippen LogP contribution in [-0.4, -0.2) is 46.2 Å². The number of rotatable bonds is 4. The van der Waals surface area contributed by atoms with Crippen molar-refractivity contribution in [3.63, 3.8) is 0 Å². The SMILES string of the molecule is Cc1nc(C(=O)N(C)[C@@H]2CCCC[C@@H](Oc3ccccc3)[C@@H]2O)co1. The van der Waals surface area contributed by atoms with E-state index in [0.29, 0.717) is 5.89 Å². The number of hydrogen-bond acceptors (Lipinski definition) is 5. The van der Waals surface area contributed by atoms with Gasteiger partial charge >= 0.3 is 0 Å². The Hall–Kier alpha value is -2.34. The number of likely N-dealkylation sites (N-methyl/N-ethyl adjacent to an activating group) is 1. The molecule has 0 bridgehead atoms. The molecule has 2 aromatic rings. The van der Waals surface area contributed by atoms with Gasteiger partial charge in [0.1, 0.15) is 24.2 Å². The van der Waals surface area contributed by atoms with Crippen LogP contribution in [0.3, 0.4) is 0 Å². The number of carbonyl (C=O) groups is 1. The number of benzene rings is 1. The second-order valence-electron chi connectivity index (χ2n) is 6.48. The lowest BCUT2D eigenvalue weighted by molar-refractivity contribution is -0.0144. The number of hydrogen-bond donors (Lipinski definition) is 1. The van der Waals surface area contributed by atoms with Gasteiger partial charge in [-0.3, -0.25) is 4.79 Å². The molecule has 1 aromatic heterocycles. The molecule has 1 fully saturated rings. The van der Waals surface area contributed by atoms with Crippen molar-refractivity contribution in [1.29, 1.82) is 0 Å². The largest absolute Gasteiger partial charge is 0.488 e. The van der Waals surface area contributed by atoms with E-state index in [1.54, 1.807) is 18.9 Å². The summed E-state index contributed by atoms with van der Waals surface area (Å²) in [4.78, 5) is 18.3. The first-order chi connectivity index (χ1) is 12.1. The number of oxazole rings is 1. The monoisotopic (exact) mass is 344 g/mol. The van der Waals surface area contributed by atoms with E-state index in [9.17, 15) is 9.90 Å². The quantitative estimate of drug-likeness (QED) is 0.863. The number of amides is 1. The van der Waals surface area contributed by atoms with Crippen molar-refractivity contribution in [3.05, 3.63) is 48.2 Å². The van der Waals surface area contributed by atoms with Crippen molar-refractivity contribution in [2.24, 2.45) is 0 Å². The smallest absolute Gasteiger partial charge is 0.275 e. The Bertz CT molecular complexity index is 700. The summed E-state index contributed by atoms with van der Waals surface area (Å²) >= 11 is 0. The lowest BCUT2D eigenvalue weighted by Crippen LogP contribution is -2.50. The number of aliphatic hydroxyl groups excluding tert-OH is 1. The number of ether oxygens (including phenoxy) is 1. The molecule has 3 rings (SSSR count). The van der Waals surface area contributed by atoms with Crippen LogP contribution < -0.4 is 4.74 Å². The lowest BCUT2D eigenvalue weighted by Gasteiger charge is -2.33. The van der Waals surface area contributed by atoms with Gasteiger partial charge in [-0.2, -0.15) is 0 Å². The Labute approximate surface area is 147 Å². The van der Waals surface area contributed by atoms with Crippen LogP contribution in [0.2, 0.25) is 0 Å². The minimum absolute atomic E-state index is 0.249. The van der Waals surface area contributed by atoms with E-state index < -0.39 is 6.10 Å². The molecule has 134 valence electrons. The summed E-state index contributed by atoms with van der Waals surface area (Å²) in [6, 6.07) is 9.16. The predicted molar refractivity (Wildman–Crippen MR) is 92.5 cm³/mol. The van der Waals surface area contributed by atoms with Gasteiger partial charge in [0.25, 0.3) is 5.91 Å². The Balaban J connectivity index is 1.74. The number of aliphatic hydroxyl groups is 1. The molecule has 6 heteroatoms. The molecule has 1 saturated carbocycles. The Morgan fingerprint density at radius 2 is 2.00 bits per heavy atom. The molecule has 1 heterocycles. The summed E-state index contributed by atoms with van der Waals surface area (Å²) in [7, 11) is 1.70. The van der Waals surface area contributed by atoms with Gasteiger partial charge in [-0.15, -0.1) is 0 Å². The number of aryl methyl sites for hydroxylation is 1. The summed E-state index contributed by atoms with van der Waals surface area (Å²) in [6.45, 7) is 1.70. The number of aromatic nitrogens is 1. The van der Waals surface area contributed by atoms with Crippen molar-refractivity contribution in [2.45, 2.75) is 50.9 Å². The fourth-order valence-corrected chi connectivity index (χ4v) is 3.31. The van der Waals surface area contributed by atoms with Gasteiger partial charge in [0.05, 0.1) is 6.04 Å². The maximum absolute atomic E-state index is 12.6. The number of carbonyl (C=O) groups excluding carboxylic acids is 1. The Morgan fingerprint density at radius 1 is 1.28 bits per heavy atom. The molecule has 0 saturated heterocycles. The van der Waals surface area contributed by atoms with E-state index in [1.165, 1.54) is 6.26 Å². The second-order valence-corrected chi connectivity index (χ2v) is 6.48. The van der Waals surface area contributed by atoms with Crippen molar-refractivity contribution in [2.75, 3.05) is 7.05 Å². The van der Waals surface area contributed by atoms with Crippen molar-refractivity contribution >= 4 is 5.91 Å². The first kappa shape index (κ1) is 17.5. The minimum atomic E-state index is -0.760. The van der Waals surface area contributed by atoms with Crippen LogP contribution in [-0.2, 0) is 0 Å². The van der Waals surface area contributed by atoms with Crippen LogP contribution in [0.1, 0.15) is 42.1 Å². The summed E-state index contributed by atoms with van der Waals surface area (Å²) in [5, 5.41) is 10.9. The topological polar surface area (TPSA) is 75.8 Å². The zero-order chi connectivity index (χ0) is 17.8. The number of para-hydroxylation sites is 1. The molecule has 0 radical (unpaired) electrons. The molecule has 25 heavy (non-hydrogen) atoms. The standard InChI is InChI=1S/C19H24N2O4/c1-13-20-15(12-24-13)19(23)21(2)16-10-6-7-11-17(18(16)22)25-14-8-4-3-5-9-14/h3-5,8-9,12,16-18,22H,6-7,10-11H2,1-2H3/t16-,17-,18-/m1/s1. The van der Waals surface area contributed by atoms with E-state index in [0.717, 1.165) is 31.4 Å². The van der Waals surface area contributed by atoms with Crippen molar-refractivity contribution < 1.29 is 19.1 Å². The third kappa shape index (κ3) is 4.02. The molecule has 1 aromatic carbocycles. The predicted octanol–water partition coefficient (Wildman–Crippen LogP) is 2.81. The summed E-state index contributed by atoms with van der Waals surface area (Å²) in [6.07, 6.45) is 3.64. The van der Waals surface area contributed by atoms with Crippen LogP contribution in [0.5, 0.6) is 5.75 Å². The van der Waals surface area contributed by atoms with E-state index >= 15 is 0 Å². The maximum atomic E-state index is 12.6. The maximum Gasteiger partial charge on any atom is 0.275 e. The fourth-order valence-electron chi connectivity index (χ4n) is 3.31. The molecule has 0 unspecified atom stereocenters. The lowest BCUT2D eigenvalue weighted by atomic mass is 10.0. The zero-order valence-electron chi connectivity index (χ0n) is 14.6. The van der Waals surface area contributed by atoms with Crippen LogP contribution >= 0.6 is 0 Å². The molecular formula is C19H24N2O4. The highest BCUT2D eigenvalue weighted by Gasteiger charge is 2.36. The highest BCUT2D eigenvalue weighted by molar-refractivity contribution is 5.92. The van der Waals surface area contributed by atoms with Crippen LogP contribution in [0.15, 0.2) is 41.0 Å². The van der Waals surface area contributed by atoms with Crippen LogP contribution in [0, 0.1) is 6.92 Å². The van der Waals surface area contributed by atoms with E-state index in [-0.39, 0.29) is 23.7 Å². The molecule has 3 atom stereocenters. The first-order valence-electron chi connectivity index (χ1n) is 8.65. The van der Waals surface area contributed by atoms with E-state index in [1.807, 2.05) is 30.3 Å². The second kappa shape index (κ2) is 7.70. The molecule has 0 spiro atoms. The molecule has 1 N–H and O–H groups in total. The van der Waals surface area contributed by atoms with E-state index in [2.05, 4.69) is 4.98 Å². The van der Waals surface area contributed by atoms with E-state index in [4.69, 9.17) is 9.15 Å². The van der Waals surface area contributed by atoms with Crippen molar-refractivity contribution in [1.82, 2.24) is 9.88 Å². The fraction of sp³-hybridized carbons (Fsp3) is 0.474. The van der Waals surface area contributed by atoms with Gasteiger partial charge in [-0.1, -0.05) is 24.6 Å². The summed E-state index contributed by atoms with van der Waals surface area (Å²) < 4.78 is 11.1.